The Labute approximate surface area is 106 Å². The van der Waals surface area contributed by atoms with Crippen molar-refractivity contribution in [3.8, 4) is 0 Å². The third-order valence-electron chi connectivity index (χ3n) is 2.84. The largest absolute Gasteiger partial charge is 0.399 e. The number of benzene rings is 1. The van der Waals surface area contributed by atoms with Crippen LogP contribution in [0, 0.1) is 5.82 Å². The predicted octanol–water partition coefficient (Wildman–Crippen LogP) is 1.87. The average molecular weight is 255 g/mol. The molecule has 0 unspecified atom stereocenters. The van der Waals surface area contributed by atoms with Gasteiger partial charge in [0.15, 0.2) is 0 Å². The first-order chi connectivity index (χ1) is 8.25. The van der Waals surface area contributed by atoms with Crippen LogP contribution in [0.15, 0.2) is 18.2 Å². The zero-order chi connectivity index (χ0) is 12.1. The molecule has 5 heteroatoms. The number of hydrogen-bond donors (Lipinski definition) is 2. The van der Waals surface area contributed by atoms with Crippen molar-refractivity contribution < 1.29 is 4.39 Å². The second-order valence-electron chi connectivity index (χ2n) is 4.12. The van der Waals surface area contributed by atoms with Gasteiger partial charge in [-0.05, 0) is 18.2 Å². The molecule has 94 valence electrons. The van der Waals surface area contributed by atoms with Crippen molar-refractivity contribution in [3.63, 3.8) is 0 Å². The van der Waals surface area contributed by atoms with Gasteiger partial charge in [0.1, 0.15) is 5.82 Å². The molecule has 0 atom stereocenters. The van der Waals surface area contributed by atoms with Crippen molar-refractivity contribution in [1.29, 1.82) is 0 Å². The summed E-state index contributed by atoms with van der Waals surface area (Å²) >= 11 is 2.00. The first kappa shape index (κ1) is 12.5. The normalized spacial score (nSPS) is 17.0. The van der Waals surface area contributed by atoms with Crippen LogP contribution >= 0.6 is 11.8 Å². The minimum atomic E-state index is -0.279. The molecule has 0 aromatic heterocycles. The number of nitrogens with one attached hydrogen (secondary N) is 1. The van der Waals surface area contributed by atoms with Crippen LogP contribution in [0.5, 0.6) is 0 Å². The Balaban J connectivity index is 1.77. The van der Waals surface area contributed by atoms with Crippen LogP contribution in [0.3, 0.4) is 0 Å². The topological polar surface area (TPSA) is 41.3 Å². The highest BCUT2D eigenvalue weighted by Gasteiger charge is 2.09. The summed E-state index contributed by atoms with van der Waals surface area (Å²) in [6.45, 7) is 4.00. The van der Waals surface area contributed by atoms with Gasteiger partial charge in [-0.2, -0.15) is 11.8 Å². The number of nitrogens with zero attached hydrogens (tertiary/aromatic N) is 1. The molecule has 1 aromatic rings. The molecule has 1 aliphatic heterocycles. The number of nitrogens with two attached hydrogens (primary N) is 1. The zero-order valence-electron chi connectivity index (χ0n) is 9.79. The number of anilines is 2. The fourth-order valence-electron chi connectivity index (χ4n) is 1.85. The van der Waals surface area contributed by atoms with Gasteiger partial charge < -0.3 is 11.1 Å². The number of nitrogen functional groups attached to an aromatic ring is 1. The fraction of sp³-hybridized carbons (Fsp3) is 0.500. The first-order valence-electron chi connectivity index (χ1n) is 5.85. The van der Waals surface area contributed by atoms with E-state index in [9.17, 15) is 4.39 Å². The van der Waals surface area contributed by atoms with Gasteiger partial charge in [0.05, 0.1) is 5.69 Å². The first-order valence-corrected chi connectivity index (χ1v) is 7.00. The maximum absolute atomic E-state index is 13.5. The van der Waals surface area contributed by atoms with E-state index < -0.39 is 0 Å². The molecule has 2 rings (SSSR count). The standard InChI is InChI=1S/C12H18FN3S/c13-11-9-10(14)1-2-12(11)15-3-4-16-5-7-17-8-6-16/h1-2,9,15H,3-8,14H2. The summed E-state index contributed by atoms with van der Waals surface area (Å²) in [7, 11) is 0. The van der Waals surface area contributed by atoms with Crippen LogP contribution in [0.4, 0.5) is 15.8 Å². The van der Waals surface area contributed by atoms with Gasteiger partial charge in [-0.3, -0.25) is 4.90 Å². The van der Waals surface area contributed by atoms with E-state index in [1.807, 2.05) is 11.8 Å². The highest BCUT2D eigenvalue weighted by molar-refractivity contribution is 7.99. The second kappa shape index (κ2) is 6.12. The molecule has 1 aromatic carbocycles. The van der Waals surface area contributed by atoms with Crippen molar-refractivity contribution in [2.75, 3.05) is 48.7 Å². The monoisotopic (exact) mass is 255 g/mol. The van der Waals surface area contributed by atoms with Gasteiger partial charge >= 0.3 is 0 Å². The molecule has 1 heterocycles. The Bertz CT molecular complexity index is 367. The lowest BCUT2D eigenvalue weighted by Gasteiger charge is -2.26. The highest BCUT2D eigenvalue weighted by atomic mass is 32.2. The summed E-state index contributed by atoms with van der Waals surface area (Å²) in [5.41, 5.74) is 6.49. The lowest BCUT2D eigenvalue weighted by atomic mass is 10.2. The molecule has 0 amide bonds. The maximum Gasteiger partial charge on any atom is 0.148 e. The Morgan fingerprint density at radius 3 is 2.82 bits per heavy atom. The Hall–Kier alpha value is -0.940. The van der Waals surface area contributed by atoms with Crippen molar-refractivity contribution >= 4 is 23.1 Å². The fourth-order valence-corrected chi connectivity index (χ4v) is 2.83. The molecule has 1 fully saturated rings. The van der Waals surface area contributed by atoms with Gasteiger partial charge in [0.25, 0.3) is 0 Å². The third-order valence-corrected chi connectivity index (χ3v) is 3.78. The smallest absolute Gasteiger partial charge is 0.148 e. The van der Waals surface area contributed by atoms with Crippen LogP contribution < -0.4 is 11.1 Å². The molecule has 3 N–H and O–H groups in total. The number of thioether (sulfide) groups is 1. The number of rotatable bonds is 4. The number of hydrogen-bond acceptors (Lipinski definition) is 4. The van der Waals surface area contributed by atoms with Crippen LogP contribution in [0.25, 0.3) is 0 Å². The second-order valence-corrected chi connectivity index (χ2v) is 5.34. The lowest BCUT2D eigenvalue weighted by Crippen LogP contribution is -2.36. The average Bonchev–Trinajstić information content (AvgIpc) is 2.33. The Morgan fingerprint density at radius 2 is 2.12 bits per heavy atom. The SMILES string of the molecule is Nc1ccc(NCCN2CCSCC2)c(F)c1. The van der Waals surface area contributed by atoms with E-state index in [-0.39, 0.29) is 5.82 Å². The van der Waals surface area contributed by atoms with E-state index in [4.69, 9.17) is 5.73 Å². The third kappa shape index (κ3) is 3.78. The van der Waals surface area contributed by atoms with Crippen LogP contribution in [0.2, 0.25) is 0 Å². The summed E-state index contributed by atoms with van der Waals surface area (Å²) in [5, 5.41) is 3.11. The van der Waals surface area contributed by atoms with Gasteiger partial charge in [0, 0.05) is 43.4 Å². The van der Waals surface area contributed by atoms with Gasteiger partial charge in [0.2, 0.25) is 0 Å². The maximum atomic E-state index is 13.5. The number of halogens is 1. The van der Waals surface area contributed by atoms with E-state index in [1.165, 1.54) is 17.6 Å². The molecular formula is C12H18FN3S. The van der Waals surface area contributed by atoms with E-state index in [1.54, 1.807) is 12.1 Å². The molecule has 3 nitrogen and oxygen atoms in total. The van der Waals surface area contributed by atoms with Gasteiger partial charge in [-0.25, -0.2) is 4.39 Å². The van der Waals surface area contributed by atoms with Crippen LogP contribution in [-0.2, 0) is 0 Å². The Morgan fingerprint density at radius 1 is 1.35 bits per heavy atom. The minimum Gasteiger partial charge on any atom is -0.399 e. The molecular weight excluding hydrogens is 237 g/mol. The summed E-state index contributed by atoms with van der Waals surface area (Å²) in [6, 6.07) is 4.75. The van der Waals surface area contributed by atoms with E-state index in [2.05, 4.69) is 10.2 Å². The van der Waals surface area contributed by atoms with Crippen LogP contribution in [-0.4, -0.2) is 42.6 Å². The van der Waals surface area contributed by atoms with E-state index in [0.29, 0.717) is 11.4 Å². The summed E-state index contributed by atoms with van der Waals surface area (Å²) < 4.78 is 13.5. The summed E-state index contributed by atoms with van der Waals surface area (Å²) in [6.07, 6.45) is 0. The minimum absolute atomic E-state index is 0.279. The van der Waals surface area contributed by atoms with Crippen LogP contribution in [0.1, 0.15) is 0 Å². The van der Waals surface area contributed by atoms with Gasteiger partial charge in [-0.15, -0.1) is 0 Å². The molecule has 0 bridgehead atoms. The Kier molecular flexibility index (Phi) is 4.50. The quantitative estimate of drug-likeness (QED) is 0.806. The van der Waals surface area contributed by atoms with Crippen molar-refractivity contribution in [1.82, 2.24) is 4.90 Å². The molecule has 17 heavy (non-hydrogen) atoms. The molecule has 0 spiro atoms. The molecule has 1 saturated heterocycles. The molecule has 0 radical (unpaired) electrons. The van der Waals surface area contributed by atoms with Crippen molar-refractivity contribution in [2.24, 2.45) is 0 Å². The highest BCUT2D eigenvalue weighted by Crippen LogP contribution is 2.16. The predicted molar refractivity (Wildman–Crippen MR) is 73.1 cm³/mol. The summed E-state index contributed by atoms with van der Waals surface area (Å²) in [5.74, 6) is 2.13. The molecule has 0 saturated carbocycles. The lowest BCUT2D eigenvalue weighted by molar-refractivity contribution is 0.314. The van der Waals surface area contributed by atoms with E-state index >= 15 is 0 Å². The summed E-state index contributed by atoms with van der Waals surface area (Å²) in [4.78, 5) is 2.40. The zero-order valence-corrected chi connectivity index (χ0v) is 10.6. The van der Waals surface area contributed by atoms with E-state index in [0.717, 1.165) is 26.2 Å². The molecule has 1 aliphatic rings. The van der Waals surface area contributed by atoms with Crippen molar-refractivity contribution in [3.05, 3.63) is 24.0 Å². The molecule has 0 aliphatic carbocycles. The van der Waals surface area contributed by atoms with Gasteiger partial charge in [-0.1, -0.05) is 0 Å². The van der Waals surface area contributed by atoms with Crippen molar-refractivity contribution in [2.45, 2.75) is 0 Å².